The molecule has 1 unspecified atom stereocenters. The molecule has 1 atom stereocenters. The van der Waals surface area contributed by atoms with Gasteiger partial charge in [-0.2, -0.15) is 0 Å². The van der Waals surface area contributed by atoms with Gasteiger partial charge in [-0.05, 0) is 25.5 Å². The number of aryl methyl sites for hydroxylation is 2. The number of thiophene rings is 1. The first-order valence-corrected chi connectivity index (χ1v) is 11.7. The molecule has 32 heavy (non-hydrogen) atoms. The largest absolute Gasteiger partial charge is 0.378 e. The predicted molar refractivity (Wildman–Crippen MR) is 124 cm³/mol. The number of hydrogen-bond acceptors (Lipinski definition) is 7. The Morgan fingerprint density at radius 3 is 2.81 bits per heavy atom. The maximum absolute atomic E-state index is 12.6. The molecule has 1 saturated heterocycles. The van der Waals surface area contributed by atoms with Crippen molar-refractivity contribution < 1.29 is 9.53 Å². The third-order valence-electron chi connectivity index (χ3n) is 5.68. The van der Waals surface area contributed by atoms with Gasteiger partial charge in [0.2, 0.25) is 5.91 Å². The Labute approximate surface area is 194 Å². The fourth-order valence-corrected chi connectivity index (χ4v) is 5.48. The van der Waals surface area contributed by atoms with E-state index in [9.17, 15) is 4.79 Å². The lowest BCUT2D eigenvalue weighted by Crippen LogP contribution is -2.40. The van der Waals surface area contributed by atoms with Gasteiger partial charge in [-0.3, -0.25) is 14.4 Å². The van der Waals surface area contributed by atoms with Crippen LogP contribution in [0.15, 0.2) is 35.3 Å². The van der Waals surface area contributed by atoms with Crippen LogP contribution in [0.1, 0.15) is 40.2 Å². The van der Waals surface area contributed by atoms with Crippen LogP contribution in [0.25, 0.3) is 5.00 Å². The molecule has 2 aromatic heterocycles. The molecule has 0 saturated carbocycles. The van der Waals surface area contributed by atoms with Crippen LogP contribution in [-0.2, 0) is 16.0 Å². The number of nitrogens with two attached hydrogens (primary N) is 1. The summed E-state index contributed by atoms with van der Waals surface area (Å²) in [7, 11) is 0. The van der Waals surface area contributed by atoms with Gasteiger partial charge in [-0.25, -0.2) is 0 Å². The molecular formula is C22H23ClN6O2S. The normalized spacial score (nSPS) is 18.0. The first kappa shape index (κ1) is 21.3. The Kier molecular flexibility index (Phi) is 5.81. The summed E-state index contributed by atoms with van der Waals surface area (Å²) in [6.07, 6.45) is 0.436. The van der Waals surface area contributed by atoms with Crippen LogP contribution in [0.5, 0.6) is 0 Å². The fourth-order valence-electron chi connectivity index (χ4n) is 4.05. The van der Waals surface area contributed by atoms with Gasteiger partial charge < -0.3 is 15.4 Å². The van der Waals surface area contributed by atoms with Crippen molar-refractivity contribution >= 4 is 34.6 Å². The minimum absolute atomic E-state index is 0.153. The van der Waals surface area contributed by atoms with Crippen molar-refractivity contribution in [3.8, 4) is 5.00 Å². The van der Waals surface area contributed by atoms with Gasteiger partial charge in [0.15, 0.2) is 12.0 Å². The van der Waals surface area contributed by atoms with E-state index >= 15 is 0 Å². The number of hydrogen-bond donors (Lipinski definition) is 1. The van der Waals surface area contributed by atoms with Crippen molar-refractivity contribution in [1.82, 2.24) is 19.7 Å². The Morgan fingerprint density at radius 2 is 2.03 bits per heavy atom. The highest BCUT2D eigenvalue weighted by atomic mass is 35.5. The van der Waals surface area contributed by atoms with Gasteiger partial charge in [0.1, 0.15) is 10.8 Å². The number of carbonyl (C=O) groups is 1. The molecule has 5 rings (SSSR count). The number of carbonyl (C=O) groups excluding carboxylic acids is 1. The van der Waals surface area contributed by atoms with E-state index in [1.54, 1.807) is 11.3 Å². The number of rotatable bonds is 4. The lowest BCUT2D eigenvalue weighted by atomic mass is 10.0. The number of nitrogens with zero attached hydrogens (tertiary/aromatic N) is 5. The average molecular weight is 471 g/mol. The van der Waals surface area contributed by atoms with E-state index in [1.807, 2.05) is 40.7 Å². The van der Waals surface area contributed by atoms with Crippen molar-refractivity contribution in [3.05, 3.63) is 63.0 Å². The molecule has 166 valence electrons. The first-order valence-electron chi connectivity index (χ1n) is 10.5. The third kappa shape index (κ3) is 3.86. The van der Waals surface area contributed by atoms with Gasteiger partial charge in [0.25, 0.3) is 0 Å². The van der Waals surface area contributed by atoms with E-state index in [0.717, 1.165) is 32.5 Å². The summed E-state index contributed by atoms with van der Waals surface area (Å²) in [4.78, 5) is 20.4. The summed E-state index contributed by atoms with van der Waals surface area (Å²) in [5.41, 5.74) is 8.85. The molecule has 0 spiro atoms. The smallest absolute Gasteiger partial charge is 0.223 e. The molecule has 3 aromatic rings. The zero-order valence-corrected chi connectivity index (χ0v) is 19.2. The highest BCUT2D eigenvalue weighted by molar-refractivity contribution is 7.15. The summed E-state index contributed by atoms with van der Waals surface area (Å²) < 4.78 is 7.31. The maximum Gasteiger partial charge on any atom is 0.223 e. The number of fused-ring (bicyclic) bond motifs is 3. The highest BCUT2D eigenvalue weighted by Crippen LogP contribution is 2.36. The third-order valence-corrected chi connectivity index (χ3v) is 7.19. The van der Waals surface area contributed by atoms with Crippen LogP contribution in [0.2, 0.25) is 5.02 Å². The van der Waals surface area contributed by atoms with Crippen LogP contribution in [0, 0.1) is 6.92 Å². The summed E-state index contributed by atoms with van der Waals surface area (Å²) in [6, 6.07) is 9.69. The minimum atomic E-state index is -0.659. The van der Waals surface area contributed by atoms with Gasteiger partial charge in [-0.1, -0.05) is 29.8 Å². The Morgan fingerprint density at radius 1 is 1.25 bits per heavy atom. The molecule has 1 amide bonds. The second-order valence-corrected chi connectivity index (χ2v) is 9.29. The number of halogens is 1. The number of morpholine rings is 1. The summed E-state index contributed by atoms with van der Waals surface area (Å²) in [5, 5.41) is 10.0. The highest BCUT2D eigenvalue weighted by Gasteiger charge is 2.29. The Balaban J connectivity index is 1.52. The molecule has 0 bridgehead atoms. The van der Waals surface area contributed by atoms with Crippen LogP contribution >= 0.6 is 22.9 Å². The van der Waals surface area contributed by atoms with Crippen molar-refractivity contribution in [3.63, 3.8) is 0 Å². The first-order chi connectivity index (χ1) is 15.5. The average Bonchev–Trinajstić information content (AvgIpc) is 3.37. The molecule has 2 aliphatic rings. The second kappa shape index (κ2) is 8.74. The van der Waals surface area contributed by atoms with Crippen molar-refractivity contribution in [2.24, 2.45) is 10.7 Å². The van der Waals surface area contributed by atoms with E-state index in [0.29, 0.717) is 50.0 Å². The predicted octanol–water partition coefficient (Wildman–Crippen LogP) is 2.89. The number of ether oxygens (including phenoxy) is 1. The number of amides is 1. The van der Waals surface area contributed by atoms with Crippen molar-refractivity contribution in [2.75, 3.05) is 26.3 Å². The molecular weight excluding hydrogens is 448 g/mol. The van der Waals surface area contributed by atoms with E-state index in [1.165, 1.54) is 0 Å². The second-order valence-electron chi connectivity index (χ2n) is 7.77. The summed E-state index contributed by atoms with van der Waals surface area (Å²) in [5.74, 6) is 1.48. The monoisotopic (exact) mass is 470 g/mol. The lowest BCUT2D eigenvalue weighted by Gasteiger charge is -2.26. The zero-order valence-electron chi connectivity index (χ0n) is 17.6. The molecule has 1 aromatic carbocycles. The zero-order chi connectivity index (χ0) is 22.2. The van der Waals surface area contributed by atoms with Crippen LogP contribution in [0.4, 0.5) is 0 Å². The van der Waals surface area contributed by atoms with Crippen LogP contribution < -0.4 is 5.73 Å². The Bertz CT molecular complexity index is 1200. The topological polar surface area (TPSA) is 98.6 Å². The van der Waals surface area contributed by atoms with E-state index in [-0.39, 0.29) is 5.91 Å². The number of benzene rings is 1. The van der Waals surface area contributed by atoms with Crippen molar-refractivity contribution in [1.29, 1.82) is 0 Å². The lowest BCUT2D eigenvalue weighted by molar-refractivity contribution is -0.135. The molecule has 2 aliphatic heterocycles. The maximum atomic E-state index is 12.6. The standard InChI is InChI=1S/C22H23ClN6O2S/c1-13-26-27-21-20(24)25-19(15-4-2-3-5-17(15)23)16-12-14(32-22(16)29(13)21)6-7-18(30)28-8-10-31-11-9-28/h2-5,12,20H,6-11,24H2,1H3. The van der Waals surface area contributed by atoms with Crippen LogP contribution in [0.3, 0.4) is 0 Å². The number of aromatic nitrogens is 3. The van der Waals surface area contributed by atoms with Gasteiger partial charge in [0, 0.05) is 40.5 Å². The van der Waals surface area contributed by atoms with Gasteiger partial charge in [0.05, 0.1) is 18.9 Å². The molecule has 2 N–H and O–H groups in total. The fraction of sp³-hybridized carbons (Fsp3) is 0.364. The minimum Gasteiger partial charge on any atom is -0.378 e. The van der Waals surface area contributed by atoms with Gasteiger partial charge in [-0.15, -0.1) is 21.5 Å². The van der Waals surface area contributed by atoms with E-state index in [2.05, 4.69) is 16.3 Å². The SMILES string of the molecule is Cc1nnc2n1-c1sc(CCC(=O)N3CCOCC3)cc1C(c1ccccc1Cl)=NC2N. The molecule has 8 nitrogen and oxygen atoms in total. The summed E-state index contributed by atoms with van der Waals surface area (Å²) >= 11 is 8.14. The van der Waals surface area contributed by atoms with Crippen molar-refractivity contribution in [2.45, 2.75) is 25.9 Å². The number of aliphatic imine (C=N–C) groups is 1. The van der Waals surface area contributed by atoms with E-state index < -0.39 is 6.17 Å². The van der Waals surface area contributed by atoms with Crippen LogP contribution in [-0.4, -0.2) is 57.6 Å². The molecule has 4 heterocycles. The van der Waals surface area contributed by atoms with Gasteiger partial charge >= 0.3 is 0 Å². The molecule has 10 heteroatoms. The molecule has 0 aliphatic carbocycles. The summed E-state index contributed by atoms with van der Waals surface area (Å²) in [6.45, 7) is 4.42. The Hall–Kier alpha value is -2.59. The molecule has 1 fully saturated rings. The molecule has 0 radical (unpaired) electrons. The van der Waals surface area contributed by atoms with E-state index in [4.69, 9.17) is 27.1 Å². The quantitative estimate of drug-likeness (QED) is 0.632.